The molecule has 0 spiro atoms. The number of carbonyl (C=O) groups is 3. The molecule has 2 aromatic heterocycles. The lowest BCUT2D eigenvalue weighted by Crippen LogP contribution is -2.54. The fourth-order valence-corrected chi connectivity index (χ4v) is 7.42. The predicted molar refractivity (Wildman–Crippen MR) is 186 cm³/mol. The van der Waals surface area contributed by atoms with E-state index in [-0.39, 0.29) is 42.8 Å². The number of anilines is 1. The number of benzene rings is 1. The lowest BCUT2D eigenvalue weighted by atomic mass is 9.91. The van der Waals surface area contributed by atoms with Crippen LogP contribution in [0.2, 0.25) is 0 Å². The van der Waals surface area contributed by atoms with Crippen molar-refractivity contribution in [1.29, 1.82) is 0 Å². The molecule has 0 saturated carbocycles. The summed E-state index contributed by atoms with van der Waals surface area (Å²) in [4.78, 5) is 45.5. The van der Waals surface area contributed by atoms with Crippen LogP contribution in [-0.2, 0) is 19.1 Å². The average molecular weight is 751 g/mol. The topological polar surface area (TPSA) is 170 Å². The van der Waals surface area contributed by atoms with Crippen LogP contribution >= 0.6 is 11.3 Å². The zero-order valence-corrected chi connectivity index (χ0v) is 30.2. The van der Waals surface area contributed by atoms with Gasteiger partial charge < -0.3 is 39.9 Å². The van der Waals surface area contributed by atoms with E-state index in [4.69, 9.17) is 19.2 Å². The lowest BCUT2D eigenvalue weighted by molar-refractivity contribution is -0.192. The minimum absolute atomic E-state index is 0.0975. The molecule has 17 heteroatoms. The summed E-state index contributed by atoms with van der Waals surface area (Å²) < 4.78 is 43.7. The second-order valence-electron chi connectivity index (χ2n) is 13.7. The van der Waals surface area contributed by atoms with Gasteiger partial charge in [-0.15, -0.1) is 11.3 Å². The van der Waals surface area contributed by atoms with Gasteiger partial charge in [0.15, 0.2) is 11.6 Å². The Kier molecular flexibility index (Phi) is 12.6. The van der Waals surface area contributed by atoms with Crippen molar-refractivity contribution in [2.75, 3.05) is 37.6 Å². The number of carboxylic acids is 1. The third-order valence-corrected chi connectivity index (χ3v) is 10.5. The first-order valence-corrected chi connectivity index (χ1v) is 18.2. The Hall–Kier alpha value is -4.06. The van der Waals surface area contributed by atoms with Crippen LogP contribution in [0.15, 0.2) is 40.4 Å². The smallest absolute Gasteiger partial charge is 0.475 e. The monoisotopic (exact) mass is 750 g/mol. The van der Waals surface area contributed by atoms with E-state index in [1.807, 2.05) is 63.5 Å². The van der Waals surface area contributed by atoms with Crippen molar-refractivity contribution in [2.45, 2.75) is 89.4 Å². The van der Waals surface area contributed by atoms with Crippen molar-refractivity contribution in [3.05, 3.63) is 52.9 Å². The maximum Gasteiger partial charge on any atom is 0.490 e. The third-order valence-electron chi connectivity index (χ3n) is 9.48. The number of β-amino-alcohol motifs (C(OH)–C–C–N with tert-alkyl or cyclic N) is 1. The van der Waals surface area contributed by atoms with E-state index >= 15 is 0 Å². The Labute approximate surface area is 303 Å². The number of rotatable bonds is 10. The Bertz CT molecular complexity index is 1670. The number of piperidine rings is 1. The molecule has 5 heterocycles. The fourth-order valence-electron chi connectivity index (χ4n) is 6.60. The normalized spacial score (nSPS) is 20.9. The van der Waals surface area contributed by atoms with Gasteiger partial charge in [-0.05, 0) is 56.8 Å². The number of carbonyl (C=O) groups excluding carboxylic acids is 2. The number of halogens is 3. The van der Waals surface area contributed by atoms with Gasteiger partial charge in [-0.2, -0.15) is 13.2 Å². The number of aliphatic hydroxyl groups is 1. The molecule has 52 heavy (non-hydrogen) atoms. The number of aromatic nitrogens is 2. The summed E-state index contributed by atoms with van der Waals surface area (Å²) in [5.41, 5.74) is 4.87. The lowest BCUT2D eigenvalue weighted by Gasteiger charge is -2.41. The van der Waals surface area contributed by atoms with Gasteiger partial charge in [0.2, 0.25) is 11.8 Å². The van der Waals surface area contributed by atoms with E-state index < -0.39 is 30.2 Å². The second-order valence-corrected chi connectivity index (χ2v) is 14.6. The van der Waals surface area contributed by atoms with E-state index in [2.05, 4.69) is 25.7 Å². The number of likely N-dealkylation sites (tertiary alicyclic amines) is 1. The molecule has 2 unspecified atom stereocenters. The fraction of sp³-hybridized carbons (Fsp3) is 0.571. The van der Waals surface area contributed by atoms with Crippen molar-refractivity contribution in [3.8, 4) is 10.4 Å². The highest BCUT2D eigenvalue weighted by molar-refractivity contribution is 7.13. The molecule has 4 atom stereocenters. The SMILES string of the molecule is Cc1ncsc1-c1ccc(C(C)NC(=O)[C@@H]2C[C@@H](O)CN2C(=O)C(c2cc(N3CC(OC4CCNCC4)C3)no2)C(C)C)cc1.O=C(O)C(F)(F)F. The van der Waals surface area contributed by atoms with Crippen LogP contribution in [0.25, 0.3) is 10.4 Å². The molecule has 3 aromatic rings. The van der Waals surface area contributed by atoms with E-state index in [0.29, 0.717) is 17.7 Å². The van der Waals surface area contributed by atoms with Gasteiger partial charge in [0.05, 0.1) is 40.4 Å². The highest BCUT2D eigenvalue weighted by Crippen LogP contribution is 2.34. The first kappa shape index (κ1) is 39.2. The highest BCUT2D eigenvalue weighted by Gasteiger charge is 2.44. The zero-order chi connectivity index (χ0) is 37.7. The molecule has 0 radical (unpaired) electrons. The van der Waals surface area contributed by atoms with Crippen molar-refractivity contribution in [3.63, 3.8) is 0 Å². The molecule has 3 aliphatic heterocycles. The Morgan fingerprint density at radius 3 is 2.31 bits per heavy atom. The van der Waals surface area contributed by atoms with Crippen molar-refractivity contribution in [2.24, 2.45) is 5.92 Å². The molecular formula is C35H45F3N6O7S. The van der Waals surface area contributed by atoms with Crippen LogP contribution < -0.4 is 15.5 Å². The van der Waals surface area contributed by atoms with E-state index in [9.17, 15) is 27.9 Å². The largest absolute Gasteiger partial charge is 0.490 e. The Morgan fingerprint density at radius 2 is 1.73 bits per heavy atom. The van der Waals surface area contributed by atoms with Gasteiger partial charge in [0, 0.05) is 32.1 Å². The summed E-state index contributed by atoms with van der Waals surface area (Å²) in [5.74, 6) is -2.85. The van der Waals surface area contributed by atoms with Crippen molar-refractivity contribution < 1.29 is 47.0 Å². The number of aliphatic hydroxyl groups excluding tert-OH is 1. The van der Waals surface area contributed by atoms with Gasteiger partial charge in [-0.25, -0.2) is 9.78 Å². The summed E-state index contributed by atoms with van der Waals surface area (Å²) in [5, 5.41) is 28.4. The maximum absolute atomic E-state index is 14.0. The Morgan fingerprint density at radius 1 is 1.08 bits per heavy atom. The van der Waals surface area contributed by atoms with Crippen molar-refractivity contribution in [1.82, 2.24) is 25.7 Å². The summed E-state index contributed by atoms with van der Waals surface area (Å²) >= 11 is 1.60. The first-order valence-electron chi connectivity index (χ1n) is 17.3. The molecule has 4 N–H and O–H groups in total. The molecule has 284 valence electrons. The molecule has 3 fully saturated rings. The molecule has 1 aromatic carbocycles. The molecule has 3 aliphatic rings. The van der Waals surface area contributed by atoms with E-state index in [1.54, 1.807) is 11.3 Å². The van der Waals surface area contributed by atoms with Crippen LogP contribution in [0.4, 0.5) is 19.0 Å². The van der Waals surface area contributed by atoms with Gasteiger partial charge in [0.1, 0.15) is 12.0 Å². The van der Waals surface area contributed by atoms with Crippen LogP contribution in [0.1, 0.15) is 69.0 Å². The quantitative estimate of drug-likeness (QED) is 0.233. The number of aryl methyl sites for hydroxylation is 1. The number of hydrogen-bond acceptors (Lipinski definition) is 11. The minimum Gasteiger partial charge on any atom is -0.475 e. The van der Waals surface area contributed by atoms with Crippen LogP contribution in [-0.4, -0.2) is 106 Å². The summed E-state index contributed by atoms with van der Waals surface area (Å²) in [6.45, 7) is 11.4. The van der Waals surface area contributed by atoms with Crippen LogP contribution in [0.3, 0.4) is 0 Å². The number of aliphatic carboxylic acids is 1. The number of amides is 2. The number of thiazole rings is 1. The predicted octanol–water partition coefficient (Wildman–Crippen LogP) is 4.28. The van der Waals surface area contributed by atoms with Gasteiger partial charge >= 0.3 is 12.1 Å². The summed E-state index contributed by atoms with van der Waals surface area (Å²) in [6.07, 6.45) is -3.13. The molecular weight excluding hydrogens is 705 g/mol. The molecule has 0 bridgehead atoms. The molecule has 3 saturated heterocycles. The highest BCUT2D eigenvalue weighted by atomic mass is 32.1. The minimum atomic E-state index is -5.08. The standard InChI is InChI=1S/C33H44N6O5S.C2HF3O2/c1-19(2)30(28-14-29(37-44-28)38-16-26(17-38)43-25-9-11-34-12-10-25)33(42)39-15-24(40)13-27(39)32(41)36-20(3)22-5-7-23(8-6-22)31-21(4)35-18-45-31;3-2(4,5)1(6)7/h5-8,14,18-20,24-27,30,34,40H,9-13,15-17H2,1-4H3,(H,36,41);(H,6,7)/t20?,24-,27+,30?;/m1./s1. The number of alkyl halides is 3. The molecule has 0 aliphatic carbocycles. The Balaban J connectivity index is 0.000000679. The number of nitrogens with one attached hydrogen (secondary N) is 2. The second kappa shape index (κ2) is 16.7. The molecule has 13 nitrogen and oxygen atoms in total. The first-order chi connectivity index (χ1) is 24.6. The maximum atomic E-state index is 14.0. The van der Waals surface area contributed by atoms with Gasteiger partial charge in [0.25, 0.3) is 0 Å². The number of hydrogen-bond donors (Lipinski definition) is 4. The van der Waals surface area contributed by atoms with Crippen molar-refractivity contribution >= 4 is 34.9 Å². The van der Waals surface area contributed by atoms with Crippen LogP contribution in [0, 0.1) is 12.8 Å². The summed E-state index contributed by atoms with van der Waals surface area (Å²) in [6, 6.07) is 8.86. The number of nitrogens with zero attached hydrogens (tertiary/aromatic N) is 4. The summed E-state index contributed by atoms with van der Waals surface area (Å²) in [7, 11) is 0. The van der Waals surface area contributed by atoms with Gasteiger partial charge in [-0.1, -0.05) is 43.3 Å². The molecule has 2 amide bonds. The molecule has 6 rings (SSSR count). The number of carboxylic acid groups (broad SMARTS) is 1. The zero-order valence-electron chi connectivity index (χ0n) is 29.4. The van der Waals surface area contributed by atoms with E-state index in [0.717, 1.165) is 60.7 Å². The average Bonchev–Trinajstić information content (AvgIpc) is 3.83. The van der Waals surface area contributed by atoms with Crippen LogP contribution in [0.5, 0.6) is 0 Å². The van der Waals surface area contributed by atoms with E-state index in [1.165, 1.54) is 4.90 Å². The third kappa shape index (κ3) is 9.48. The number of ether oxygens (including phenoxy) is 1. The van der Waals surface area contributed by atoms with Gasteiger partial charge in [-0.3, -0.25) is 9.59 Å².